The Kier molecular flexibility index (Phi) is 11.3. The first-order valence-electron chi connectivity index (χ1n) is 6.98. The summed E-state index contributed by atoms with van der Waals surface area (Å²) in [4.78, 5) is 0. The number of nitrogens with zero attached hydrogens (tertiary/aromatic N) is 2. The first-order valence-corrected chi connectivity index (χ1v) is 8.38. The van der Waals surface area contributed by atoms with Crippen LogP contribution in [0.15, 0.2) is 0 Å². The summed E-state index contributed by atoms with van der Waals surface area (Å²) in [5.41, 5.74) is 0. The maximum Gasteiger partial charge on any atom is 0.281 e. The third kappa shape index (κ3) is 7.51. The van der Waals surface area contributed by atoms with E-state index in [4.69, 9.17) is 14.6 Å². The summed E-state index contributed by atoms with van der Waals surface area (Å²) < 4.78 is 37.8. The number of aliphatic hydroxyl groups excluding tert-OH is 1. The Morgan fingerprint density at radius 2 is 1.50 bits per heavy atom. The van der Waals surface area contributed by atoms with Crippen molar-refractivity contribution in [1.29, 1.82) is 0 Å². The molecule has 1 N–H and O–H groups in total. The molecule has 7 nitrogen and oxygen atoms in total. The van der Waals surface area contributed by atoms with Gasteiger partial charge in [0.05, 0.1) is 13.2 Å². The highest BCUT2D eigenvalue weighted by atomic mass is 32.2. The maximum atomic E-state index is 12.4. The van der Waals surface area contributed by atoms with Crippen molar-refractivity contribution in [3.63, 3.8) is 0 Å². The minimum atomic E-state index is -3.54. The van der Waals surface area contributed by atoms with Crippen molar-refractivity contribution in [2.45, 2.75) is 20.3 Å². The van der Waals surface area contributed by atoms with Gasteiger partial charge in [0.2, 0.25) is 0 Å². The fourth-order valence-electron chi connectivity index (χ4n) is 1.57. The van der Waals surface area contributed by atoms with Crippen LogP contribution >= 0.6 is 0 Å². The predicted molar refractivity (Wildman–Crippen MR) is 77.8 cm³/mol. The average molecular weight is 312 g/mol. The van der Waals surface area contributed by atoms with Gasteiger partial charge in [-0.15, -0.1) is 0 Å². The van der Waals surface area contributed by atoms with Crippen LogP contribution in [0.2, 0.25) is 0 Å². The first kappa shape index (κ1) is 19.8. The fraction of sp³-hybridized carbons (Fsp3) is 1.00. The largest absolute Gasteiger partial charge is 0.396 e. The summed E-state index contributed by atoms with van der Waals surface area (Å²) >= 11 is 0. The zero-order chi connectivity index (χ0) is 15.4. The van der Waals surface area contributed by atoms with E-state index < -0.39 is 10.2 Å². The van der Waals surface area contributed by atoms with E-state index >= 15 is 0 Å². The van der Waals surface area contributed by atoms with Gasteiger partial charge >= 0.3 is 0 Å². The van der Waals surface area contributed by atoms with Crippen molar-refractivity contribution < 1.29 is 23.0 Å². The van der Waals surface area contributed by atoms with Gasteiger partial charge in [-0.1, -0.05) is 0 Å². The summed E-state index contributed by atoms with van der Waals surface area (Å²) in [5.74, 6) is 0. The van der Waals surface area contributed by atoms with E-state index in [1.54, 1.807) is 0 Å². The van der Waals surface area contributed by atoms with E-state index in [2.05, 4.69) is 0 Å². The van der Waals surface area contributed by atoms with Crippen molar-refractivity contribution in [2.75, 3.05) is 59.7 Å². The van der Waals surface area contributed by atoms with E-state index in [9.17, 15) is 8.42 Å². The highest BCUT2D eigenvalue weighted by Gasteiger charge is 2.26. The van der Waals surface area contributed by atoms with Gasteiger partial charge < -0.3 is 14.6 Å². The van der Waals surface area contributed by atoms with Gasteiger partial charge in [-0.25, -0.2) is 0 Å². The zero-order valence-corrected chi connectivity index (χ0v) is 13.6. The number of rotatable bonds is 13. The molecule has 0 radical (unpaired) electrons. The SMILES string of the molecule is CCOCCN(CCOCC)S(=O)(=O)N(C)CCCO. The smallest absolute Gasteiger partial charge is 0.281 e. The van der Waals surface area contributed by atoms with Gasteiger partial charge in [0, 0.05) is 46.5 Å². The molecule has 0 aliphatic rings. The van der Waals surface area contributed by atoms with Crippen LogP contribution < -0.4 is 0 Å². The Morgan fingerprint density at radius 3 is 1.90 bits per heavy atom. The second kappa shape index (κ2) is 11.4. The van der Waals surface area contributed by atoms with Gasteiger partial charge in [-0.2, -0.15) is 17.0 Å². The normalized spacial score (nSPS) is 12.5. The lowest BCUT2D eigenvalue weighted by molar-refractivity contribution is 0.108. The summed E-state index contributed by atoms with van der Waals surface area (Å²) in [7, 11) is -2.03. The molecule has 0 amide bonds. The second-order valence-electron chi connectivity index (χ2n) is 4.20. The lowest BCUT2D eigenvalue weighted by atomic mass is 10.5. The molecular formula is C12H28N2O5S. The van der Waals surface area contributed by atoms with E-state index in [0.29, 0.717) is 52.5 Å². The molecule has 0 heterocycles. The number of hydrogen-bond donors (Lipinski definition) is 1. The van der Waals surface area contributed by atoms with Gasteiger partial charge in [-0.3, -0.25) is 0 Å². The Balaban J connectivity index is 4.60. The molecule has 122 valence electrons. The number of aliphatic hydroxyl groups is 1. The minimum Gasteiger partial charge on any atom is -0.396 e. The third-order valence-corrected chi connectivity index (χ3v) is 4.72. The monoisotopic (exact) mass is 312 g/mol. The molecule has 0 bridgehead atoms. The van der Waals surface area contributed by atoms with E-state index in [-0.39, 0.29) is 6.61 Å². The average Bonchev–Trinajstić information content (AvgIpc) is 2.43. The van der Waals surface area contributed by atoms with Gasteiger partial charge in [0.25, 0.3) is 10.2 Å². The summed E-state index contributed by atoms with van der Waals surface area (Å²) in [6, 6.07) is 0. The quantitative estimate of drug-likeness (QED) is 0.481. The zero-order valence-electron chi connectivity index (χ0n) is 12.7. The Labute approximate surface area is 122 Å². The molecule has 0 aliphatic carbocycles. The molecule has 8 heteroatoms. The molecular weight excluding hydrogens is 284 g/mol. The molecule has 0 saturated heterocycles. The van der Waals surface area contributed by atoms with Crippen LogP contribution in [0.1, 0.15) is 20.3 Å². The van der Waals surface area contributed by atoms with Crippen LogP contribution in [0.25, 0.3) is 0 Å². The molecule has 0 aromatic heterocycles. The van der Waals surface area contributed by atoms with Crippen molar-refractivity contribution in [3.05, 3.63) is 0 Å². The van der Waals surface area contributed by atoms with Crippen LogP contribution in [0.4, 0.5) is 0 Å². The van der Waals surface area contributed by atoms with Crippen molar-refractivity contribution in [1.82, 2.24) is 8.61 Å². The molecule has 0 fully saturated rings. The summed E-state index contributed by atoms with van der Waals surface area (Å²) in [5, 5.41) is 8.79. The highest BCUT2D eigenvalue weighted by Crippen LogP contribution is 2.07. The van der Waals surface area contributed by atoms with Crippen LogP contribution in [0, 0.1) is 0 Å². The molecule has 0 atom stereocenters. The van der Waals surface area contributed by atoms with E-state index in [0.717, 1.165) is 0 Å². The molecule has 0 aromatic carbocycles. The van der Waals surface area contributed by atoms with E-state index in [1.807, 2.05) is 13.8 Å². The van der Waals surface area contributed by atoms with Crippen LogP contribution in [-0.2, 0) is 19.7 Å². The Hall–Kier alpha value is -0.250. The summed E-state index contributed by atoms with van der Waals surface area (Å²) in [6.07, 6.45) is 0.417. The van der Waals surface area contributed by atoms with Crippen molar-refractivity contribution >= 4 is 10.2 Å². The highest BCUT2D eigenvalue weighted by molar-refractivity contribution is 7.86. The van der Waals surface area contributed by atoms with Gasteiger partial charge in [-0.05, 0) is 20.3 Å². The Morgan fingerprint density at radius 1 is 1.00 bits per heavy atom. The Bertz CT molecular complexity index is 314. The number of ether oxygens (including phenoxy) is 2. The van der Waals surface area contributed by atoms with E-state index in [1.165, 1.54) is 15.7 Å². The molecule has 0 spiro atoms. The van der Waals surface area contributed by atoms with Crippen molar-refractivity contribution in [2.24, 2.45) is 0 Å². The molecule has 0 aromatic rings. The van der Waals surface area contributed by atoms with Gasteiger partial charge in [0.15, 0.2) is 0 Å². The third-order valence-electron chi connectivity index (χ3n) is 2.73. The van der Waals surface area contributed by atoms with Crippen LogP contribution in [-0.4, -0.2) is 81.9 Å². The lowest BCUT2D eigenvalue weighted by Gasteiger charge is -2.27. The minimum absolute atomic E-state index is 0.0300. The molecule has 0 rings (SSSR count). The predicted octanol–water partition coefficient (Wildman–Crippen LogP) is -0.0796. The molecule has 0 saturated carbocycles. The van der Waals surface area contributed by atoms with Crippen LogP contribution in [0.5, 0.6) is 0 Å². The standard InChI is InChI=1S/C12H28N2O5S/c1-4-18-11-8-14(9-12-19-5-2)20(16,17)13(3)7-6-10-15/h15H,4-12H2,1-3H3. The second-order valence-corrected chi connectivity index (χ2v) is 6.23. The first-order chi connectivity index (χ1) is 9.50. The fourth-order valence-corrected chi connectivity index (χ4v) is 2.93. The molecule has 0 aliphatic heterocycles. The summed E-state index contributed by atoms with van der Waals surface area (Å²) in [6.45, 7) is 6.42. The topological polar surface area (TPSA) is 79.3 Å². The lowest BCUT2D eigenvalue weighted by Crippen LogP contribution is -2.45. The maximum absolute atomic E-state index is 12.4. The van der Waals surface area contributed by atoms with Crippen LogP contribution in [0.3, 0.4) is 0 Å². The number of hydrogen-bond acceptors (Lipinski definition) is 5. The molecule has 20 heavy (non-hydrogen) atoms. The molecule has 0 unspecified atom stereocenters. The van der Waals surface area contributed by atoms with Crippen molar-refractivity contribution in [3.8, 4) is 0 Å². The van der Waals surface area contributed by atoms with Gasteiger partial charge in [0.1, 0.15) is 0 Å².